The molecule has 0 radical (unpaired) electrons. The minimum Gasteiger partial charge on any atom is -0.475 e. The summed E-state index contributed by atoms with van der Waals surface area (Å²) < 4.78 is 1.66. The Morgan fingerprint density at radius 2 is 1.93 bits per heavy atom. The number of benzene rings is 1. The van der Waals surface area contributed by atoms with Crippen LogP contribution in [0.3, 0.4) is 0 Å². The van der Waals surface area contributed by atoms with Crippen molar-refractivity contribution < 1.29 is 14.7 Å². The predicted molar refractivity (Wildman–Crippen MR) is 106 cm³/mol. The van der Waals surface area contributed by atoms with E-state index in [1.807, 2.05) is 24.3 Å². The van der Waals surface area contributed by atoms with Crippen molar-refractivity contribution in [3.05, 3.63) is 52.3 Å². The monoisotopic (exact) mass is 397 g/mol. The molecule has 1 aliphatic rings. The molecule has 2 aromatic heterocycles. The van der Waals surface area contributed by atoms with E-state index >= 15 is 0 Å². The molecule has 0 unspecified atom stereocenters. The Hall–Kier alpha value is -2.73. The molecule has 4 rings (SSSR count). The van der Waals surface area contributed by atoms with Gasteiger partial charge in [-0.05, 0) is 31.9 Å². The average molecular weight is 398 g/mol. The number of carboxylic acid groups (broad SMARTS) is 1. The number of carbonyl (C=O) groups is 2. The van der Waals surface area contributed by atoms with Crippen LogP contribution < -0.4 is 0 Å². The molecule has 0 bridgehead atoms. The van der Waals surface area contributed by atoms with Crippen molar-refractivity contribution in [2.45, 2.75) is 44.9 Å². The fourth-order valence-electron chi connectivity index (χ4n) is 4.08. The van der Waals surface area contributed by atoms with Crippen LogP contribution in [0.25, 0.3) is 16.9 Å². The largest absolute Gasteiger partial charge is 0.475 e. The van der Waals surface area contributed by atoms with E-state index in [2.05, 4.69) is 4.98 Å². The number of halogens is 1. The highest BCUT2D eigenvalue weighted by molar-refractivity contribution is 6.40. The van der Waals surface area contributed by atoms with Gasteiger partial charge in [-0.1, -0.05) is 43.0 Å². The van der Waals surface area contributed by atoms with Gasteiger partial charge < -0.3 is 5.11 Å². The van der Waals surface area contributed by atoms with E-state index in [1.165, 1.54) is 0 Å². The number of aromatic nitrogens is 3. The van der Waals surface area contributed by atoms with Gasteiger partial charge in [-0.15, -0.1) is 0 Å². The Morgan fingerprint density at radius 3 is 2.61 bits per heavy atom. The fourth-order valence-corrected chi connectivity index (χ4v) is 4.27. The molecule has 0 spiro atoms. The molecule has 144 valence electrons. The van der Waals surface area contributed by atoms with Crippen molar-refractivity contribution in [1.82, 2.24) is 14.6 Å². The summed E-state index contributed by atoms with van der Waals surface area (Å²) in [4.78, 5) is 28.4. The Labute approximate surface area is 167 Å². The average Bonchev–Trinajstić information content (AvgIpc) is 3.10. The van der Waals surface area contributed by atoms with Crippen LogP contribution in [0.5, 0.6) is 0 Å². The first-order valence-corrected chi connectivity index (χ1v) is 9.77. The van der Waals surface area contributed by atoms with Gasteiger partial charge in [0.1, 0.15) is 0 Å². The van der Waals surface area contributed by atoms with Gasteiger partial charge in [-0.2, -0.15) is 5.10 Å². The zero-order valence-electron chi connectivity index (χ0n) is 15.5. The number of ketones is 1. The van der Waals surface area contributed by atoms with Crippen molar-refractivity contribution in [1.29, 1.82) is 0 Å². The second-order valence-corrected chi connectivity index (χ2v) is 7.67. The first-order chi connectivity index (χ1) is 13.5. The summed E-state index contributed by atoms with van der Waals surface area (Å²) >= 11 is 6.11. The third-order valence-electron chi connectivity index (χ3n) is 5.35. The van der Waals surface area contributed by atoms with Crippen LogP contribution in [-0.2, 0) is 4.79 Å². The highest BCUT2D eigenvalue weighted by atomic mass is 35.5. The lowest BCUT2D eigenvalue weighted by molar-refractivity contribution is -0.131. The molecule has 0 saturated heterocycles. The molecule has 1 aliphatic carbocycles. The lowest BCUT2D eigenvalue weighted by atomic mass is 9.84. The zero-order valence-corrected chi connectivity index (χ0v) is 16.2. The number of carbonyl (C=O) groups excluding carboxylic acids is 1. The fraction of sp³-hybridized carbons (Fsp3) is 0.333. The van der Waals surface area contributed by atoms with Crippen molar-refractivity contribution in [3.63, 3.8) is 0 Å². The number of fused-ring (bicyclic) bond motifs is 1. The quantitative estimate of drug-likeness (QED) is 0.510. The van der Waals surface area contributed by atoms with Crippen molar-refractivity contribution in [3.8, 4) is 11.3 Å². The van der Waals surface area contributed by atoms with Gasteiger partial charge in [0, 0.05) is 22.6 Å². The number of aryl methyl sites for hydroxylation is 1. The molecule has 0 atom stereocenters. The molecule has 3 aromatic rings. The van der Waals surface area contributed by atoms with Gasteiger partial charge in [-0.3, -0.25) is 4.79 Å². The molecular weight excluding hydrogens is 378 g/mol. The van der Waals surface area contributed by atoms with Gasteiger partial charge in [0.15, 0.2) is 5.65 Å². The Kier molecular flexibility index (Phi) is 4.89. The molecule has 0 amide bonds. The van der Waals surface area contributed by atoms with Crippen molar-refractivity contribution >= 4 is 29.0 Å². The summed E-state index contributed by atoms with van der Waals surface area (Å²) in [5.74, 6) is -2.31. The van der Waals surface area contributed by atoms with Crippen LogP contribution in [0.2, 0.25) is 5.02 Å². The summed E-state index contributed by atoms with van der Waals surface area (Å²) in [5, 5.41) is 14.6. The maximum Gasteiger partial charge on any atom is 0.377 e. The van der Waals surface area contributed by atoms with Crippen LogP contribution in [-0.4, -0.2) is 31.5 Å². The van der Waals surface area contributed by atoms with E-state index in [0.717, 1.165) is 37.7 Å². The summed E-state index contributed by atoms with van der Waals surface area (Å²) in [6.07, 6.45) is 5.07. The number of nitrogens with zero attached hydrogens (tertiary/aromatic N) is 3. The molecule has 6 nitrogen and oxygen atoms in total. The molecule has 1 N–H and O–H groups in total. The van der Waals surface area contributed by atoms with E-state index < -0.39 is 11.8 Å². The molecule has 1 fully saturated rings. The minimum absolute atomic E-state index is 0.0864. The number of hydrogen-bond donors (Lipinski definition) is 1. The van der Waals surface area contributed by atoms with E-state index in [4.69, 9.17) is 16.7 Å². The SMILES string of the molecule is Cc1nc2cc(-c3cccc(Cl)c3)nn2c(C2CCCCC2)c1C(=O)C(=O)O. The van der Waals surface area contributed by atoms with Crippen LogP contribution in [0.1, 0.15) is 59.8 Å². The maximum atomic E-state index is 12.5. The smallest absolute Gasteiger partial charge is 0.377 e. The third kappa shape index (κ3) is 3.29. The number of carboxylic acids is 1. The Balaban J connectivity index is 1.97. The Morgan fingerprint density at radius 1 is 1.18 bits per heavy atom. The molecular formula is C21H20ClN3O3. The molecule has 28 heavy (non-hydrogen) atoms. The maximum absolute atomic E-state index is 12.5. The standard InChI is InChI=1S/C21H20ClN3O3/c1-12-18(20(26)21(27)28)19(13-6-3-2-4-7-13)25-17(23-12)11-16(24-25)14-8-5-9-15(22)10-14/h5,8-11,13H,2-4,6-7H2,1H3,(H,27,28). The normalized spacial score (nSPS) is 15.1. The van der Waals surface area contributed by atoms with E-state index in [-0.39, 0.29) is 11.5 Å². The molecule has 7 heteroatoms. The predicted octanol–water partition coefficient (Wildman–Crippen LogP) is 4.67. The van der Waals surface area contributed by atoms with Crippen LogP contribution in [0, 0.1) is 6.92 Å². The van der Waals surface area contributed by atoms with E-state index in [0.29, 0.717) is 27.8 Å². The summed E-state index contributed by atoms with van der Waals surface area (Å²) in [6, 6.07) is 9.21. The van der Waals surface area contributed by atoms with Crippen LogP contribution in [0.15, 0.2) is 30.3 Å². The van der Waals surface area contributed by atoms with Gasteiger partial charge in [0.05, 0.1) is 22.6 Å². The number of hydrogen-bond acceptors (Lipinski definition) is 4. The summed E-state index contributed by atoms with van der Waals surface area (Å²) in [6.45, 7) is 1.69. The molecule has 1 aromatic carbocycles. The second-order valence-electron chi connectivity index (χ2n) is 7.24. The number of rotatable bonds is 4. The van der Waals surface area contributed by atoms with Gasteiger partial charge in [0.2, 0.25) is 0 Å². The second kappa shape index (κ2) is 7.36. The highest BCUT2D eigenvalue weighted by Crippen LogP contribution is 2.36. The van der Waals surface area contributed by atoms with Crippen molar-refractivity contribution in [2.24, 2.45) is 0 Å². The zero-order chi connectivity index (χ0) is 19.8. The number of Topliss-reactive ketones (excluding diaryl/α,β-unsaturated/α-hetero) is 1. The first-order valence-electron chi connectivity index (χ1n) is 9.39. The van der Waals surface area contributed by atoms with Crippen LogP contribution in [0.4, 0.5) is 0 Å². The van der Waals surface area contributed by atoms with Crippen LogP contribution >= 0.6 is 11.6 Å². The summed E-state index contributed by atoms with van der Waals surface area (Å²) in [5.41, 5.74) is 3.41. The minimum atomic E-state index is -1.47. The van der Waals surface area contributed by atoms with Crippen molar-refractivity contribution in [2.75, 3.05) is 0 Å². The Bertz CT molecular complexity index is 1080. The van der Waals surface area contributed by atoms with Gasteiger partial charge >= 0.3 is 5.97 Å². The third-order valence-corrected chi connectivity index (χ3v) is 5.59. The highest BCUT2D eigenvalue weighted by Gasteiger charge is 2.30. The van der Waals surface area contributed by atoms with E-state index in [9.17, 15) is 14.7 Å². The lowest BCUT2D eigenvalue weighted by Gasteiger charge is -2.24. The molecule has 0 aliphatic heterocycles. The summed E-state index contributed by atoms with van der Waals surface area (Å²) in [7, 11) is 0. The lowest BCUT2D eigenvalue weighted by Crippen LogP contribution is -2.23. The first kappa shape index (κ1) is 18.6. The van der Waals surface area contributed by atoms with Gasteiger partial charge in [0.25, 0.3) is 5.78 Å². The molecule has 1 saturated carbocycles. The topological polar surface area (TPSA) is 84.6 Å². The molecule has 2 heterocycles. The van der Waals surface area contributed by atoms with E-state index in [1.54, 1.807) is 17.5 Å². The number of aliphatic carboxylic acids is 1. The van der Waals surface area contributed by atoms with Gasteiger partial charge in [-0.25, -0.2) is 14.3 Å².